The van der Waals surface area contributed by atoms with Crippen LogP contribution in [0.1, 0.15) is 32.6 Å². The lowest BCUT2D eigenvalue weighted by molar-refractivity contribution is 0.0954. The lowest BCUT2D eigenvalue weighted by atomic mass is 10.2. The molecule has 0 aliphatic rings. The van der Waals surface area contributed by atoms with E-state index in [-0.39, 0.29) is 5.91 Å². The first-order chi connectivity index (χ1) is 18.0. The molecule has 0 unspecified atom stereocenters. The maximum Gasteiger partial charge on any atom is 0.271 e. The summed E-state index contributed by atoms with van der Waals surface area (Å²) in [5, 5.41) is 4.51. The van der Waals surface area contributed by atoms with Gasteiger partial charge in [-0.15, -0.1) is 0 Å². The van der Waals surface area contributed by atoms with Crippen LogP contribution in [0.4, 0.5) is 0 Å². The fraction of sp³-hybridized carbons (Fsp3) is 0.133. The standard InChI is InChI=1S/C30H27ClN2O4/c1-21-8-10-23(11-9-21)20-36-27-14-12-24(16-26(27)31)18-32-33-30(34)25-13-15-28(29(17-25)35-2)37-19-22-6-4-3-5-7-22/h3-18H,19-20H2,1-2H3,(H,33,34)/b32-18+. The number of nitrogens with one attached hydrogen (secondary N) is 1. The molecule has 4 aromatic carbocycles. The Bertz CT molecular complexity index is 1370. The van der Waals surface area contributed by atoms with E-state index in [1.807, 2.05) is 67.6 Å². The van der Waals surface area contributed by atoms with Gasteiger partial charge in [0.1, 0.15) is 19.0 Å². The molecule has 7 heteroatoms. The number of nitrogens with zero attached hydrogens (tertiary/aromatic N) is 1. The van der Waals surface area contributed by atoms with E-state index in [0.29, 0.717) is 41.0 Å². The van der Waals surface area contributed by atoms with Gasteiger partial charge in [-0.05, 0) is 60.0 Å². The Morgan fingerprint density at radius 1 is 0.838 bits per heavy atom. The van der Waals surface area contributed by atoms with Crippen molar-refractivity contribution in [2.45, 2.75) is 20.1 Å². The number of halogens is 1. The third kappa shape index (κ3) is 7.35. The Morgan fingerprint density at radius 3 is 2.22 bits per heavy atom. The minimum atomic E-state index is -0.381. The first kappa shape index (κ1) is 25.8. The number of carbonyl (C=O) groups is 1. The van der Waals surface area contributed by atoms with Crippen LogP contribution in [0.25, 0.3) is 0 Å². The zero-order chi connectivity index (χ0) is 26.0. The fourth-order valence-corrected chi connectivity index (χ4v) is 3.70. The Hall–Kier alpha value is -4.29. The molecule has 0 aliphatic carbocycles. The molecular formula is C30H27ClN2O4. The van der Waals surface area contributed by atoms with Gasteiger partial charge < -0.3 is 14.2 Å². The van der Waals surface area contributed by atoms with Crippen LogP contribution in [0.15, 0.2) is 96.1 Å². The molecule has 6 nitrogen and oxygen atoms in total. The van der Waals surface area contributed by atoms with E-state index < -0.39 is 0 Å². The van der Waals surface area contributed by atoms with Gasteiger partial charge in [-0.3, -0.25) is 4.79 Å². The molecule has 0 atom stereocenters. The van der Waals surface area contributed by atoms with Gasteiger partial charge in [-0.1, -0.05) is 71.8 Å². The molecule has 1 amide bonds. The second kappa shape index (κ2) is 12.6. The summed E-state index contributed by atoms with van der Waals surface area (Å²) >= 11 is 6.37. The number of ether oxygens (including phenoxy) is 3. The number of amides is 1. The normalized spacial score (nSPS) is 10.8. The maximum atomic E-state index is 12.6. The largest absolute Gasteiger partial charge is 0.493 e. The summed E-state index contributed by atoms with van der Waals surface area (Å²) in [5.41, 5.74) is 6.91. The van der Waals surface area contributed by atoms with Crippen molar-refractivity contribution in [1.82, 2.24) is 5.43 Å². The van der Waals surface area contributed by atoms with Gasteiger partial charge in [0.2, 0.25) is 0 Å². The van der Waals surface area contributed by atoms with E-state index in [9.17, 15) is 4.79 Å². The van der Waals surface area contributed by atoms with Crippen LogP contribution in [0.2, 0.25) is 5.02 Å². The second-order valence-corrected chi connectivity index (χ2v) is 8.71. The van der Waals surface area contributed by atoms with Crippen LogP contribution in [0.3, 0.4) is 0 Å². The van der Waals surface area contributed by atoms with E-state index >= 15 is 0 Å². The fourth-order valence-electron chi connectivity index (χ4n) is 3.45. The third-order valence-corrected chi connectivity index (χ3v) is 5.81. The molecular weight excluding hydrogens is 488 g/mol. The van der Waals surface area contributed by atoms with Gasteiger partial charge in [0.15, 0.2) is 11.5 Å². The van der Waals surface area contributed by atoms with E-state index in [4.69, 9.17) is 25.8 Å². The van der Waals surface area contributed by atoms with Crippen LogP contribution in [0, 0.1) is 6.92 Å². The van der Waals surface area contributed by atoms with Crippen molar-refractivity contribution >= 4 is 23.7 Å². The number of methoxy groups -OCH3 is 1. The van der Waals surface area contributed by atoms with Gasteiger partial charge in [0.05, 0.1) is 18.3 Å². The first-order valence-electron chi connectivity index (χ1n) is 11.7. The summed E-state index contributed by atoms with van der Waals surface area (Å²) in [6, 6.07) is 28.2. The summed E-state index contributed by atoms with van der Waals surface area (Å²) in [5.74, 6) is 1.20. The molecule has 0 aliphatic heterocycles. The Kier molecular flexibility index (Phi) is 8.79. The predicted octanol–water partition coefficient (Wildman–Crippen LogP) is 6.58. The molecule has 0 aromatic heterocycles. The number of carbonyl (C=O) groups excluding carboxylic acids is 1. The molecule has 0 fully saturated rings. The summed E-state index contributed by atoms with van der Waals surface area (Å²) in [7, 11) is 1.53. The number of rotatable bonds is 10. The summed E-state index contributed by atoms with van der Waals surface area (Å²) in [4.78, 5) is 12.6. The minimum absolute atomic E-state index is 0.381. The SMILES string of the molecule is COc1cc(C(=O)N/N=C/c2ccc(OCc3ccc(C)cc3)c(Cl)c2)ccc1OCc1ccccc1. The predicted molar refractivity (Wildman–Crippen MR) is 146 cm³/mol. The zero-order valence-electron chi connectivity index (χ0n) is 20.6. The summed E-state index contributed by atoms with van der Waals surface area (Å²) < 4.78 is 17.1. The van der Waals surface area contributed by atoms with Gasteiger partial charge in [-0.25, -0.2) is 5.43 Å². The van der Waals surface area contributed by atoms with Crippen LogP contribution in [-0.2, 0) is 13.2 Å². The maximum absolute atomic E-state index is 12.6. The molecule has 188 valence electrons. The van der Waals surface area contributed by atoms with Crippen LogP contribution >= 0.6 is 11.6 Å². The molecule has 0 radical (unpaired) electrons. The van der Waals surface area contributed by atoms with Crippen molar-refractivity contribution in [2.24, 2.45) is 5.10 Å². The molecule has 0 bridgehead atoms. The van der Waals surface area contributed by atoms with E-state index in [0.717, 1.165) is 16.7 Å². The van der Waals surface area contributed by atoms with Gasteiger partial charge >= 0.3 is 0 Å². The number of hydrogen-bond acceptors (Lipinski definition) is 5. The molecule has 0 saturated carbocycles. The Labute approximate surface area is 221 Å². The van der Waals surface area contributed by atoms with Crippen molar-refractivity contribution in [3.05, 3.63) is 124 Å². The number of benzene rings is 4. The highest BCUT2D eigenvalue weighted by Crippen LogP contribution is 2.29. The van der Waals surface area contributed by atoms with Crippen molar-refractivity contribution in [2.75, 3.05) is 7.11 Å². The van der Waals surface area contributed by atoms with E-state index in [2.05, 4.69) is 10.5 Å². The van der Waals surface area contributed by atoms with Crippen LogP contribution in [0.5, 0.6) is 17.2 Å². The lowest BCUT2D eigenvalue weighted by Gasteiger charge is -2.12. The molecule has 4 rings (SSSR count). The van der Waals surface area contributed by atoms with Crippen molar-refractivity contribution in [3.8, 4) is 17.2 Å². The molecule has 0 saturated heterocycles. The number of aryl methyl sites for hydroxylation is 1. The lowest BCUT2D eigenvalue weighted by Crippen LogP contribution is -2.17. The summed E-state index contributed by atoms with van der Waals surface area (Å²) in [6.07, 6.45) is 1.52. The second-order valence-electron chi connectivity index (χ2n) is 8.30. The Balaban J connectivity index is 1.32. The number of hydrazone groups is 1. The smallest absolute Gasteiger partial charge is 0.271 e. The Morgan fingerprint density at radius 2 is 1.51 bits per heavy atom. The average Bonchev–Trinajstić information content (AvgIpc) is 2.92. The van der Waals surface area contributed by atoms with Crippen molar-refractivity contribution in [3.63, 3.8) is 0 Å². The van der Waals surface area contributed by atoms with E-state index in [1.165, 1.54) is 18.9 Å². The number of hydrogen-bond donors (Lipinski definition) is 1. The highest BCUT2D eigenvalue weighted by Gasteiger charge is 2.11. The molecule has 37 heavy (non-hydrogen) atoms. The zero-order valence-corrected chi connectivity index (χ0v) is 21.4. The van der Waals surface area contributed by atoms with Gasteiger partial charge in [0, 0.05) is 5.56 Å². The van der Waals surface area contributed by atoms with E-state index in [1.54, 1.807) is 30.3 Å². The molecule has 1 N–H and O–H groups in total. The van der Waals surface area contributed by atoms with Crippen molar-refractivity contribution in [1.29, 1.82) is 0 Å². The van der Waals surface area contributed by atoms with Gasteiger partial charge in [-0.2, -0.15) is 5.10 Å². The first-order valence-corrected chi connectivity index (χ1v) is 12.1. The topological polar surface area (TPSA) is 69.2 Å². The van der Waals surface area contributed by atoms with Crippen LogP contribution in [-0.4, -0.2) is 19.2 Å². The average molecular weight is 515 g/mol. The monoisotopic (exact) mass is 514 g/mol. The third-order valence-electron chi connectivity index (χ3n) is 5.51. The summed E-state index contributed by atoms with van der Waals surface area (Å²) in [6.45, 7) is 2.86. The molecule has 4 aromatic rings. The molecule has 0 spiro atoms. The van der Waals surface area contributed by atoms with Crippen LogP contribution < -0.4 is 19.6 Å². The highest BCUT2D eigenvalue weighted by atomic mass is 35.5. The molecule has 0 heterocycles. The minimum Gasteiger partial charge on any atom is -0.493 e. The van der Waals surface area contributed by atoms with Gasteiger partial charge in [0.25, 0.3) is 5.91 Å². The quantitative estimate of drug-likeness (QED) is 0.192. The highest BCUT2D eigenvalue weighted by molar-refractivity contribution is 6.32. The van der Waals surface area contributed by atoms with Crippen molar-refractivity contribution < 1.29 is 19.0 Å².